The highest BCUT2D eigenvalue weighted by Crippen LogP contribution is 2.27. The maximum Gasteiger partial charge on any atom is 0.433 e. The van der Waals surface area contributed by atoms with Gasteiger partial charge in [-0.15, -0.1) is 0 Å². The van der Waals surface area contributed by atoms with E-state index in [0.717, 1.165) is 12.3 Å². The van der Waals surface area contributed by atoms with Crippen LogP contribution >= 0.6 is 0 Å². The number of esters is 1. The van der Waals surface area contributed by atoms with E-state index in [1.165, 1.54) is 19.4 Å². The molecule has 0 fully saturated rings. The summed E-state index contributed by atoms with van der Waals surface area (Å²) in [5.41, 5.74) is -0.0478. The topological polar surface area (TPSA) is 64.4 Å². The van der Waals surface area contributed by atoms with Crippen molar-refractivity contribution in [2.24, 2.45) is 0 Å². The number of ether oxygens (including phenoxy) is 1. The van der Waals surface area contributed by atoms with Crippen molar-refractivity contribution in [2.45, 2.75) is 12.7 Å². The van der Waals surface area contributed by atoms with Gasteiger partial charge < -0.3 is 14.5 Å². The standard InChI is InChI=1S/C13H11F3N2O3/c1-20-12(19)11-8(4-5-21-11)6-17-9-2-3-10(18-7-9)13(14,15)16/h2-5,7,17H,6H2,1H3. The van der Waals surface area contributed by atoms with Crippen molar-refractivity contribution < 1.29 is 27.1 Å². The van der Waals surface area contributed by atoms with Gasteiger partial charge in [0, 0.05) is 12.1 Å². The van der Waals surface area contributed by atoms with Crippen molar-refractivity contribution in [2.75, 3.05) is 12.4 Å². The number of aromatic nitrogens is 1. The Morgan fingerprint density at radius 1 is 1.38 bits per heavy atom. The summed E-state index contributed by atoms with van der Waals surface area (Å²) in [6, 6.07) is 3.70. The van der Waals surface area contributed by atoms with Crippen LogP contribution in [0.1, 0.15) is 21.8 Å². The van der Waals surface area contributed by atoms with Gasteiger partial charge in [-0.3, -0.25) is 0 Å². The molecule has 5 nitrogen and oxygen atoms in total. The molecule has 2 heterocycles. The second-order valence-electron chi connectivity index (χ2n) is 4.05. The average Bonchev–Trinajstić information content (AvgIpc) is 2.92. The Morgan fingerprint density at radius 3 is 2.71 bits per heavy atom. The number of carbonyl (C=O) groups excluding carboxylic acids is 1. The van der Waals surface area contributed by atoms with Crippen LogP contribution in [0.3, 0.4) is 0 Å². The van der Waals surface area contributed by atoms with E-state index < -0.39 is 17.8 Å². The first-order valence-corrected chi connectivity index (χ1v) is 5.83. The van der Waals surface area contributed by atoms with E-state index in [1.54, 1.807) is 6.07 Å². The highest BCUT2D eigenvalue weighted by atomic mass is 19.4. The van der Waals surface area contributed by atoms with E-state index >= 15 is 0 Å². The molecule has 1 N–H and O–H groups in total. The molecule has 112 valence electrons. The Bertz CT molecular complexity index is 620. The lowest BCUT2D eigenvalue weighted by Crippen LogP contribution is -2.09. The Labute approximate surface area is 117 Å². The Balaban J connectivity index is 2.04. The molecular weight excluding hydrogens is 289 g/mol. The molecule has 0 spiro atoms. The van der Waals surface area contributed by atoms with Crippen LogP contribution in [-0.4, -0.2) is 18.1 Å². The van der Waals surface area contributed by atoms with Crippen LogP contribution in [0, 0.1) is 0 Å². The number of furan rings is 1. The van der Waals surface area contributed by atoms with Gasteiger partial charge in [0.2, 0.25) is 5.76 Å². The summed E-state index contributed by atoms with van der Waals surface area (Å²) in [5, 5.41) is 2.85. The smallest absolute Gasteiger partial charge is 0.433 e. The molecule has 0 amide bonds. The maximum absolute atomic E-state index is 12.4. The number of hydrogen-bond acceptors (Lipinski definition) is 5. The van der Waals surface area contributed by atoms with E-state index in [1.807, 2.05) is 0 Å². The van der Waals surface area contributed by atoms with Gasteiger partial charge in [0.15, 0.2) is 0 Å². The van der Waals surface area contributed by atoms with E-state index in [0.29, 0.717) is 11.3 Å². The first-order chi connectivity index (χ1) is 9.91. The molecular formula is C13H11F3N2O3. The van der Waals surface area contributed by atoms with Crippen molar-refractivity contribution in [3.05, 3.63) is 47.7 Å². The molecule has 2 aromatic heterocycles. The number of nitrogens with one attached hydrogen (secondary N) is 1. The van der Waals surface area contributed by atoms with Crippen LogP contribution < -0.4 is 5.32 Å². The number of rotatable bonds is 4. The third-order valence-corrected chi connectivity index (χ3v) is 2.65. The van der Waals surface area contributed by atoms with Crippen LogP contribution in [0.25, 0.3) is 0 Å². The van der Waals surface area contributed by atoms with Crippen molar-refractivity contribution >= 4 is 11.7 Å². The fraction of sp³-hybridized carbons (Fsp3) is 0.231. The zero-order valence-electron chi connectivity index (χ0n) is 10.9. The van der Waals surface area contributed by atoms with E-state index in [-0.39, 0.29) is 12.3 Å². The second-order valence-corrected chi connectivity index (χ2v) is 4.05. The lowest BCUT2D eigenvalue weighted by atomic mass is 10.2. The van der Waals surface area contributed by atoms with Gasteiger partial charge in [0.1, 0.15) is 5.69 Å². The van der Waals surface area contributed by atoms with Crippen LogP contribution in [0.2, 0.25) is 0 Å². The summed E-state index contributed by atoms with van der Waals surface area (Å²) in [7, 11) is 1.22. The second kappa shape index (κ2) is 5.86. The Kier molecular flexibility index (Phi) is 4.15. The number of nitrogens with zero attached hydrogens (tertiary/aromatic N) is 1. The molecule has 2 rings (SSSR count). The number of pyridine rings is 1. The van der Waals surface area contributed by atoms with Crippen molar-refractivity contribution in [3.63, 3.8) is 0 Å². The molecule has 8 heteroatoms. The van der Waals surface area contributed by atoms with Crippen molar-refractivity contribution in [3.8, 4) is 0 Å². The minimum Gasteiger partial charge on any atom is -0.463 e. The third-order valence-electron chi connectivity index (χ3n) is 2.65. The van der Waals surface area contributed by atoms with Crippen LogP contribution in [-0.2, 0) is 17.5 Å². The molecule has 0 saturated heterocycles. The molecule has 0 radical (unpaired) electrons. The van der Waals surface area contributed by atoms with Gasteiger partial charge in [-0.25, -0.2) is 9.78 Å². The average molecular weight is 300 g/mol. The molecule has 0 saturated carbocycles. The van der Waals surface area contributed by atoms with Gasteiger partial charge >= 0.3 is 12.1 Å². The lowest BCUT2D eigenvalue weighted by Gasteiger charge is -2.08. The molecule has 21 heavy (non-hydrogen) atoms. The Morgan fingerprint density at radius 2 is 2.14 bits per heavy atom. The number of halogens is 3. The van der Waals surface area contributed by atoms with Gasteiger partial charge in [-0.1, -0.05) is 0 Å². The summed E-state index contributed by atoms with van der Waals surface area (Å²) in [6.07, 6.45) is -2.07. The quantitative estimate of drug-likeness (QED) is 0.879. The number of anilines is 1. The van der Waals surface area contributed by atoms with Crippen molar-refractivity contribution in [1.29, 1.82) is 0 Å². The largest absolute Gasteiger partial charge is 0.463 e. The molecule has 0 aliphatic carbocycles. The predicted octanol–water partition coefficient (Wildman–Crippen LogP) is 3.09. The summed E-state index contributed by atoms with van der Waals surface area (Å²) in [5.74, 6) is -0.577. The molecule has 0 atom stereocenters. The maximum atomic E-state index is 12.4. The third kappa shape index (κ3) is 3.53. The summed E-state index contributed by atoms with van der Waals surface area (Å²) < 4.78 is 46.6. The fourth-order valence-electron chi connectivity index (χ4n) is 1.61. The SMILES string of the molecule is COC(=O)c1occc1CNc1ccc(C(F)(F)F)nc1. The highest BCUT2D eigenvalue weighted by Gasteiger charge is 2.32. The van der Waals surface area contributed by atoms with Gasteiger partial charge in [-0.2, -0.15) is 13.2 Å². The number of methoxy groups -OCH3 is 1. The van der Waals surface area contributed by atoms with Crippen LogP contribution in [0.5, 0.6) is 0 Å². The first kappa shape index (κ1) is 14.9. The molecule has 0 aromatic carbocycles. The molecule has 0 unspecified atom stereocenters. The molecule has 2 aromatic rings. The molecule has 0 bridgehead atoms. The number of alkyl halides is 3. The molecule has 0 aliphatic rings. The van der Waals surface area contributed by atoms with Crippen LogP contribution in [0.4, 0.5) is 18.9 Å². The summed E-state index contributed by atoms with van der Waals surface area (Å²) >= 11 is 0. The number of carbonyl (C=O) groups is 1. The predicted molar refractivity (Wildman–Crippen MR) is 66.6 cm³/mol. The zero-order chi connectivity index (χ0) is 15.5. The first-order valence-electron chi connectivity index (χ1n) is 5.83. The summed E-state index contributed by atoms with van der Waals surface area (Å²) in [4.78, 5) is 14.7. The van der Waals surface area contributed by atoms with E-state index in [9.17, 15) is 18.0 Å². The minimum atomic E-state index is -4.47. The fourth-order valence-corrected chi connectivity index (χ4v) is 1.61. The van der Waals surface area contributed by atoms with E-state index in [4.69, 9.17) is 4.42 Å². The minimum absolute atomic E-state index is 0.0462. The van der Waals surface area contributed by atoms with Crippen molar-refractivity contribution in [1.82, 2.24) is 4.98 Å². The highest BCUT2D eigenvalue weighted by molar-refractivity contribution is 5.87. The van der Waals surface area contributed by atoms with Gasteiger partial charge in [-0.05, 0) is 18.2 Å². The normalized spacial score (nSPS) is 11.2. The van der Waals surface area contributed by atoms with Crippen LogP contribution in [0.15, 0.2) is 35.1 Å². The zero-order valence-corrected chi connectivity index (χ0v) is 10.9. The number of hydrogen-bond donors (Lipinski definition) is 1. The van der Waals surface area contributed by atoms with E-state index in [2.05, 4.69) is 15.0 Å². The van der Waals surface area contributed by atoms with Gasteiger partial charge in [0.05, 0.1) is 25.3 Å². The summed E-state index contributed by atoms with van der Waals surface area (Å²) in [6.45, 7) is 0.188. The lowest BCUT2D eigenvalue weighted by molar-refractivity contribution is -0.141. The monoisotopic (exact) mass is 300 g/mol. The van der Waals surface area contributed by atoms with Gasteiger partial charge in [0.25, 0.3) is 0 Å². The Hall–Kier alpha value is -2.51. The molecule has 0 aliphatic heterocycles.